The van der Waals surface area contributed by atoms with Gasteiger partial charge in [0.1, 0.15) is 18.7 Å². The summed E-state index contributed by atoms with van der Waals surface area (Å²) in [6, 6.07) is 17.6. The van der Waals surface area contributed by atoms with Crippen LogP contribution in [0.5, 0.6) is 23.0 Å². The number of hydrogen-bond acceptors (Lipinski definition) is 11. The van der Waals surface area contributed by atoms with Crippen molar-refractivity contribution in [2.24, 2.45) is 11.7 Å². The number of carboxylic acid groups (broad SMARTS) is 1. The maximum Gasteiger partial charge on any atom is 0.328 e. The molecule has 18 heteroatoms. The molecule has 0 radical (unpaired) electrons. The van der Waals surface area contributed by atoms with Crippen LogP contribution in [0.15, 0.2) is 91.0 Å². The zero-order chi connectivity index (χ0) is 50.6. The minimum atomic E-state index is -1.81. The van der Waals surface area contributed by atoms with Crippen molar-refractivity contribution in [2.45, 2.75) is 141 Å². The molecular weight excluding hydrogens is 932 g/mol. The molecule has 2 aliphatic rings. The Balaban J connectivity index is 0.0000110. The van der Waals surface area contributed by atoms with E-state index in [2.05, 4.69) is 28.2 Å². The fraction of sp³-hybridized carbons (Fsp3) is 0.453. The summed E-state index contributed by atoms with van der Waals surface area (Å²) in [4.78, 5) is 82.2. The number of nitrogens with zero attached hydrogens (tertiary/aromatic N) is 1. The molecule has 4 amide bonds. The molecule has 4 bridgehead atoms. The molecule has 2 heterocycles. The summed E-state index contributed by atoms with van der Waals surface area (Å²) >= 11 is 0. The quantitative estimate of drug-likeness (QED) is 0.0221. The van der Waals surface area contributed by atoms with Crippen LogP contribution in [0.2, 0.25) is 0 Å². The third-order valence-corrected chi connectivity index (χ3v) is 12.1. The molecule has 0 aliphatic carbocycles. The van der Waals surface area contributed by atoms with E-state index in [1.54, 1.807) is 30.3 Å². The summed E-state index contributed by atoms with van der Waals surface area (Å²) in [6.45, 7) is 5.94. The van der Waals surface area contributed by atoms with Gasteiger partial charge >= 0.3 is 11.7 Å². The predicted octanol–water partition coefficient (Wildman–Crippen LogP) is 8.19. The average molecular weight is 1000 g/mol. The highest BCUT2D eigenvalue weighted by Gasteiger charge is 2.37. The summed E-state index contributed by atoms with van der Waals surface area (Å²) in [7, 11) is 1.34. The lowest BCUT2D eigenvalue weighted by atomic mass is 9.96. The van der Waals surface area contributed by atoms with Crippen molar-refractivity contribution in [1.82, 2.24) is 21.3 Å². The zero-order valence-corrected chi connectivity index (χ0v) is 41.8. The van der Waals surface area contributed by atoms with Crippen LogP contribution < -0.4 is 41.2 Å². The van der Waals surface area contributed by atoms with E-state index in [9.17, 15) is 39.2 Å². The van der Waals surface area contributed by atoms with Gasteiger partial charge in [0.2, 0.25) is 35.1 Å². The minimum Gasteiger partial charge on any atom is -0.490 e. The number of amides is 4. The van der Waals surface area contributed by atoms with E-state index in [0.717, 1.165) is 44.1 Å². The van der Waals surface area contributed by atoms with Crippen LogP contribution in [0.3, 0.4) is 0 Å². The molecule has 0 saturated heterocycles. The number of carbonyl (C=O) groups excluding carboxylic acids is 4. The second-order valence-corrected chi connectivity index (χ2v) is 18.2. The van der Waals surface area contributed by atoms with Crippen molar-refractivity contribution in [2.75, 3.05) is 7.11 Å². The van der Waals surface area contributed by atoms with Gasteiger partial charge in [-0.1, -0.05) is 139 Å². The molecular formula is C53H69ClN6O11. The zero-order valence-electron chi connectivity index (χ0n) is 41.0. The van der Waals surface area contributed by atoms with Crippen LogP contribution in [0.4, 0.5) is 5.69 Å². The predicted molar refractivity (Wildman–Crippen MR) is 272 cm³/mol. The van der Waals surface area contributed by atoms with E-state index in [-0.39, 0.29) is 78.3 Å². The highest BCUT2D eigenvalue weighted by molar-refractivity contribution is 5.94. The van der Waals surface area contributed by atoms with E-state index in [0.29, 0.717) is 18.4 Å². The van der Waals surface area contributed by atoms with Gasteiger partial charge in [0.25, 0.3) is 0 Å². The Morgan fingerprint density at radius 2 is 1.49 bits per heavy atom. The second kappa shape index (κ2) is 28.8. The first-order valence-electron chi connectivity index (χ1n) is 24.2. The molecule has 5 atom stereocenters. The van der Waals surface area contributed by atoms with Crippen LogP contribution in [0, 0.1) is 16.0 Å². The van der Waals surface area contributed by atoms with Crippen LogP contribution in [-0.4, -0.2) is 70.9 Å². The van der Waals surface area contributed by atoms with E-state index in [1.807, 2.05) is 44.2 Å². The van der Waals surface area contributed by atoms with Crippen molar-refractivity contribution in [1.29, 1.82) is 0 Å². The van der Waals surface area contributed by atoms with Crippen LogP contribution in [-0.2, 0) is 43.4 Å². The lowest BCUT2D eigenvalue weighted by Crippen LogP contribution is -2.58. The Kier molecular flexibility index (Phi) is 23.1. The largest absolute Gasteiger partial charge is 0.490 e. The topological polar surface area (TPSA) is 251 Å². The molecule has 17 nitrogen and oxygen atoms in total. The molecule has 2 aliphatic heterocycles. The number of rotatable bonds is 24. The number of hydrogen-bond donors (Lipinski definition) is 6. The third-order valence-electron chi connectivity index (χ3n) is 12.1. The molecule has 4 aromatic rings. The SMILES string of the molecule is CCCCCCCCCCCC(=O)N[C@@H](C(=O)O)C1NC(=O)[C@H](Cc2ccccc2)NC(=O)[C@H](NC(=O)[C@H](N)CC(C)C)Cc2ccc(c([N+](=O)[O-])c2)Oc2cc1cc(OCc1ccccc1)c2OC.Cl. The maximum atomic E-state index is 14.9. The number of carboxylic acids is 1. The van der Waals surface area contributed by atoms with Gasteiger partial charge < -0.3 is 46.3 Å². The summed E-state index contributed by atoms with van der Waals surface area (Å²) in [5.74, 6) is -4.74. The van der Waals surface area contributed by atoms with Crippen molar-refractivity contribution in [3.8, 4) is 23.0 Å². The number of halogens is 1. The molecule has 6 rings (SSSR count). The molecule has 0 fully saturated rings. The molecule has 0 aromatic heterocycles. The highest BCUT2D eigenvalue weighted by atomic mass is 35.5. The number of aliphatic carboxylic acids is 1. The second-order valence-electron chi connectivity index (χ2n) is 18.2. The molecule has 71 heavy (non-hydrogen) atoms. The fourth-order valence-corrected chi connectivity index (χ4v) is 8.35. The Labute approximate surface area is 421 Å². The third kappa shape index (κ3) is 17.6. The normalized spacial score (nSPS) is 16.6. The number of nitrogens with two attached hydrogens (primary N) is 1. The van der Waals surface area contributed by atoms with Gasteiger partial charge in [-0.25, -0.2) is 4.79 Å². The number of benzene rings is 4. The number of unbranched alkanes of at least 4 members (excludes halogenated alkanes) is 8. The standard InChI is InChI=1S/C53H68N6O11.ClH/c1-5-6-7-8-9-10-11-12-19-24-46(60)57-48(53(64)65)47-38-31-44(69-33-36-22-17-14-18-23-36)49(68-4)45(32-38)70-43-26-25-37(30-42(43)59(66)67)29-41(55-50(61)39(54)27-34(2)3)51(62)56-40(52(63)58-47)28-35-20-15-13-16-21-35;/h13-18,20-23,25-26,30-32,34,39-41,47-48H,5-12,19,24,27-29,33,54H2,1-4H3,(H,55,61)(H,56,62)(H,57,60)(H,58,63)(H,64,65);1H/t39-,40+,41-,47?,48-;/m1./s1. The van der Waals surface area contributed by atoms with E-state index < -0.39 is 70.4 Å². The minimum absolute atomic E-state index is 0. The highest BCUT2D eigenvalue weighted by Crippen LogP contribution is 2.45. The monoisotopic (exact) mass is 1000 g/mol. The van der Waals surface area contributed by atoms with Crippen molar-refractivity contribution < 1.29 is 48.2 Å². The van der Waals surface area contributed by atoms with Gasteiger partial charge in [-0.15, -0.1) is 12.4 Å². The van der Waals surface area contributed by atoms with Gasteiger partial charge in [-0.05, 0) is 59.2 Å². The van der Waals surface area contributed by atoms with Gasteiger partial charge in [0, 0.05) is 25.3 Å². The summed E-state index contributed by atoms with van der Waals surface area (Å²) < 4.78 is 18.4. The summed E-state index contributed by atoms with van der Waals surface area (Å²) in [5, 5.41) is 34.7. The van der Waals surface area contributed by atoms with Gasteiger partial charge in [-0.2, -0.15) is 0 Å². The smallest absolute Gasteiger partial charge is 0.328 e. The van der Waals surface area contributed by atoms with Crippen molar-refractivity contribution in [3.05, 3.63) is 123 Å². The lowest BCUT2D eigenvalue weighted by Gasteiger charge is -2.30. The lowest BCUT2D eigenvalue weighted by molar-refractivity contribution is -0.385. The maximum absolute atomic E-state index is 14.9. The first kappa shape index (κ1) is 56.9. The Morgan fingerprint density at radius 1 is 0.859 bits per heavy atom. The number of fused-ring (bicyclic) bond motifs is 9. The van der Waals surface area contributed by atoms with Gasteiger partial charge in [0.05, 0.1) is 24.1 Å². The molecule has 7 N–H and O–H groups in total. The van der Waals surface area contributed by atoms with Crippen molar-refractivity contribution in [3.63, 3.8) is 0 Å². The number of ether oxygens (including phenoxy) is 3. The van der Waals surface area contributed by atoms with Gasteiger partial charge in [-0.3, -0.25) is 29.3 Å². The Hall–Kier alpha value is -6.72. The fourth-order valence-electron chi connectivity index (χ4n) is 8.35. The van der Waals surface area contributed by atoms with Crippen molar-refractivity contribution >= 4 is 47.7 Å². The number of carbonyl (C=O) groups is 5. The average Bonchev–Trinajstić information content (AvgIpc) is 3.33. The van der Waals surface area contributed by atoms with Crippen LogP contribution in [0.1, 0.15) is 120 Å². The molecule has 0 saturated carbocycles. The molecule has 1 unspecified atom stereocenters. The number of nitro benzene ring substituents is 1. The first-order valence-corrected chi connectivity index (χ1v) is 24.2. The Morgan fingerprint density at radius 3 is 2.10 bits per heavy atom. The van der Waals surface area contributed by atoms with E-state index in [1.165, 1.54) is 50.3 Å². The van der Waals surface area contributed by atoms with E-state index in [4.69, 9.17) is 19.9 Å². The first-order chi connectivity index (χ1) is 33.7. The number of nitro groups is 1. The molecule has 0 spiro atoms. The number of nitrogens with one attached hydrogen (secondary N) is 4. The van der Waals surface area contributed by atoms with E-state index >= 15 is 0 Å². The van der Waals surface area contributed by atoms with Crippen LogP contribution in [0.25, 0.3) is 0 Å². The number of methoxy groups -OCH3 is 1. The van der Waals surface area contributed by atoms with Gasteiger partial charge in [0.15, 0.2) is 17.5 Å². The summed E-state index contributed by atoms with van der Waals surface area (Å²) in [6.07, 6.45) is 8.98. The Bertz CT molecular complexity index is 2390. The summed E-state index contributed by atoms with van der Waals surface area (Å²) in [5.41, 5.74) is 7.43. The molecule has 384 valence electrons. The molecule has 4 aromatic carbocycles. The van der Waals surface area contributed by atoms with Crippen LogP contribution >= 0.6 is 12.4 Å².